The van der Waals surface area contributed by atoms with Crippen molar-refractivity contribution in [3.63, 3.8) is 0 Å². The number of para-hydroxylation sites is 2. The topological polar surface area (TPSA) is 98.3 Å². The number of phenolic OH excluding ortho intramolecular Hbond substituents is 1. The van der Waals surface area contributed by atoms with E-state index < -0.39 is 11.9 Å². The number of aromatic nitrogens is 2. The van der Waals surface area contributed by atoms with Gasteiger partial charge in [0.25, 0.3) is 5.91 Å². The van der Waals surface area contributed by atoms with Gasteiger partial charge in [-0.25, -0.2) is 4.98 Å². The molecule has 7 heteroatoms. The molecular formula is C31H38N4O3. The molecule has 0 aliphatic carbocycles. The van der Waals surface area contributed by atoms with Crippen LogP contribution in [-0.4, -0.2) is 50.9 Å². The Hall–Kier alpha value is -3.87. The van der Waals surface area contributed by atoms with Crippen molar-refractivity contribution in [2.24, 2.45) is 0 Å². The van der Waals surface area contributed by atoms with Crippen LogP contribution in [0.25, 0.3) is 21.8 Å². The van der Waals surface area contributed by atoms with Gasteiger partial charge in [0.15, 0.2) is 0 Å². The van der Waals surface area contributed by atoms with Crippen LogP contribution in [0, 0.1) is 0 Å². The summed E-state index contributed by atoms with van der Waals surface area (Å²) in [7, 11) is 0. The number of unbranched alkanes of at least 4 members (excludes halogenated alkanes) is 4. The molecule has 2 aromatic carbocycles. The number of pyridine rings is 1. The Bertz CT molecular complexity index is 1370. The van der Waals surface area contributed by atoms with E-state index in [9.17, 15) is 14.7 Å². The van der Waals surface area contributed by atoms with E-state index >= 15 is 0 Å². The zero-order valence-corrected chi connectivity index (χ0v) is 22.4. The molecular weight excluding hydrogens is 476 g/mol. The molecule has 3 N–H and O–H groups in total. The number of H-pyrrole nitrogens is 1. The number of carbonyl (C=O) groups is 2. The number of fused-ring (bicyclic) bond motifs is 2. The molecule has 1 atom stereocenters. The molecule has 0 bridgehead atoms. The zero-order valence-electron chi connectivity index (χ0n) is 22.4. The fourth-order valence-corrected chi connectivity index (χ4v) is 4.87. The number of aromatic hydroxyl groups is 1. The highest BCUT2D eigenvalue weighted by molar-refractivity contribution is 5.98. The maximum Gasteiger partial charge on any atom is 0.270 e. The van der Waals surface area contributed by atoms with Gasteiger partial charge in [0, 0.05) is 42.0 Å². The summed E-state index contributed by atoms with van der Waals surface area (Å²) < 4.78 is 0. The predicted molar refractivity (Wildman–Crippen MR) is 152 cm³/mol. The van der Waals surface area contributed by atoms with Gasteiger partial charge in [0.1, 0.15) is 23.0 Å². The van der Waals surface area contributed by atoms with Crippen LogP contribution < -0.4 is 5.32 Å². The van der Waals surface area contributed by atoms with Crippen molar-refractivity contribution >= 4 is 33.6 Å². The number of hydrogen-bond donors (Lipinski definition) is 3. The van der Waals surface area contributed by atoms with Crippen molar-refractivity contribution in [1.29, 1.82) is 0 Å². The molecule has 0 unspecified atom stereocenters. The van der Waals surface area contributed by atoms with Crippen molar-refractivity contribution in [3.8, 4) is 5.75 Å². The summed E-state index contributed by atoms with van der Waals surface area (Å²) in [6.07, 6.45) is 8.43. The van der Waals surface area contributed by atoms with Gasteiger partial charge in [-0.1, -0.05) is 75.9 Å². The SMILES string of the molecule is CCCCCN(CCCCC)C(=O)[C@@H](Cc1c[nH]c2ccccc12)NC(=O)c1ccc2cccc(O)c2n1. The first-order valence-electron chi connectivity index (χ1n) is 13.7. The van der Waals surface area contributed by atoms with Crippen molar-refractivity contribution in [2.75, 3.05) is 13.1 Å². The van der Waals surface area contributed by atoms with Crippen LogP contribution in [0.4, 0.5) is 0 Å². The van der Waals surface area contributed by atoms with E-state index in [-0.39, 0.29) is 17.4 Å². The van der Waals surface area contributed by atoms with E-state index in [1.807, 2.05) is 41.4 Å². The third-order valence-electron chi connectivity index (χ3n) is 7.01. The Kier molecular flexibility index (Phi) is 9.35. The van der Waals surface area contributed by atoms with Crippen LogP contribution in [0.15, 0.2) is 60.8 Å². The monoisotopic (exact) mass is 514 g/mol. The van der Waals surface area contributed by atoms with Crippen LogP contribution in [-0.2, 0) is 11.2 Å². The molecule has 0 fully saturated rings. The number of aromatic amines is 1. The fraction of sp³-hybridized carbons (Fsp3) is 0.387. The summed E-state index contributed by atoms with van der Waals surface area (Å²) >= 11 is 0. The van der Waals surface area contributed by atoms with Gasteiger partial charge in [-0.3, -0.25) is 9.59 Å². The number of carbonyl (C=O) groups excluding carboxylic acids is 2. The van der Waals surface area contributed by atoms with Crippen molar-refractivity contribution in [1.82, 2.24) is 20.2 Å². The highest BCUT2D eigenvalue weighted by Gasteiger charge is 2.28. The number of nitrogens with zero attached hydrogens (tertiary/aromatic N) is 2. The third-order valence-corrected chi connectivity index (χ3v) is 7.01. The molecule has 2 heterocycles. The van der Waals surface area contributed by atoms with Crippen LogP contribution in [0.3, 0.4) is 0 Å². The number of benzene rings is 2. The van der Waals surface area contributed by atoms with Crippen LogP contribution in [0.2, 0.25) is 0 Å². The largest absolute Gasteiger partial charge is 0.506 e. The molecule has 0 saturated heterocycles. The Labute approximate surface area is 224 Å². The van der Waals surface area contributed by atoms with Gasteiger partial charge in [-0.15, -0.1) is 0 Å². The molecule has 38 heavy (non-hydrogen) atoms. The molecule has 7 nitrogen and oxygen atoms in total. The molecule has 200 valence electrons. The van der Waals surface area contributed by atoms with E-state index in [1.54, 1.807) is 24.3 Å². The van der Waals surface area contributed by atoms with E-state index in [0.717, 1.165) is 60.4 Å². The van der Waals surface area contributed by atoms with E-state index in [4.69, 9.17) is 0 Å². The summed E-state index contributed by atoms with van der Waals surface area (Å²) in [5, 5.41) is 15.0. The lowest BCUT2D eigenvalue weighted by molar-refractivity contribution is -0.133. The summed E-state index contributed by atoms with van der Waals surface area (Å²) in [6, 6.07) is 15.7. The smallest absolute Gasteiger partial charge is 0.270 e. The fourth-order valence-electron chi connectivity index (χ4n) is 4.87. The lowest BCUT2D eigenvalue weighted by Crippen LogP contribution is -2.50. The minimum atomic E-state index is -0.744. The van der Waals surface area contributed by atoms with Crippen molar-refractivity contribution in [3.05, 3.63) is 72.1 Å². The van der Waals surface area contributed by atoms with Crippen LogP contribution in [0.5, 0.6) is 5.75 Å². The van der Waals surface area contributed by atoms with Crippen molar-refractivity contribution < 1.29 is 14.7 Å². The van der Waals surface area contributed by atoms with Gasteiger partial charge in [-0.05, 0) is 36.6 Å². The van der Waals surface area contributed by atoms with E-state index in [0.29, 0.717) is 25.0 Å². The zero-order chi connectivity index (χ0) is 26.9. The van der Waals surface area contributed by atoms with Gasteiger partial charge < -0.3 is 20.3 Å². The number of phenols is 1. The molecule has 0 saturated carbocycles. The van der Waals surface area contributed by atoms with Crippen molar-refractivity contribution in [2.45, 2.75) is 64.8 Å². The summed E-state index contributed by atoms with van der Waals surface area (Å²) in [5.41, 5.74) is 2.50. The summed E-state index contributed by atoms with van der Waals surface area (Å²) in [6.45, 7) is 5.66. The first kappa shape index (κ1) is 27.2. The Morgan fingerprint density at radius 3 is 2.42 bits per heavy atom. The molecule has 0 radical (unpaired) electrons. The predicted octanol–water partition coefficient (Wildman–Crippen LogP) is 5.97. The lowest BCUT2D eigenvalue weighted by Gasteiger charge is -2.28. The second-order valence-corrected chi connectivity index (χ2v) is 9.87. The van der Waals surface area contributed by atoms with Gasteiger partial charge in [-0.2, -0.15) is 0 Å². The van der Waals surface area contributed by atoms with Gasteiger partial charge >= 0.3 is 0 Å². The average molecular weight is 515 g/mol. The summed E-state index contributed by atoms with van der Waals surface area (Å²) in [4.78, 5) is 37.0. The normalized spacial score (nSPS) is 12.1. The first-order chi connectivity index (χ1) is 18.5. The first-order valence-corrected chi connectivity index (χ1v) is 13.7. The average Bonchev–Trinajstić information content (AvgIpc) is 3.34. The van der Waals surface area contributed by atoms with E-state index in [1.165, 1.54) is 0 Å². The lowest BCUT2D eigenvalue weighted by atomic mass is 10.0. The maximum atomic E-state index is 14.0. The van der Waals surface area contributed by atoms with E-state index in [2.05, 4.69) is 29.1 Å². The number of amides is 2. The van der Waals surface area contributed by atoms with Gasteiger partial charge in [0.05, 0.1) is 0 Å². The second-order valence-electron chi connectivity index (χ2n) is 9.87. The van der Waals surface area contributed by atoms with Crippen LogP contribution >= 0.6 is 0 Å². The minimum Gasteiger partial charge on any atom is -0.506 e. The Balaban J connectivity index is 1.62. The second kappa shape index (κ2) is 13.1. The molecule has 4 aromatic rings. The quantitative estimate of drug-likeness (QED) is 0.191. The Morgan fingerprint density at radius 1 is 0.947 bits per heavy atom. The standard InChI is InChI=1S/C31H38N4O3/c1-3-5-9-18-35(19-10-6-4-2)31(38)27(20-23-21-32-25-14-8-7-13-24(23)25)34-30(37)26-17-16-22-12-11-15-28(36)29(22)33-26/h7-8,11-17,21,27,32,36H,3-6,9-10,18-20H2,1-2H3,(H,34,37)/t27-/m1/s1. The number of nitrogens with one attached hydrogen (secondary N) is 2. The minimum absolute atomic E-state index is 0.0154. The number of hydrogen-bond acceptors (Lipinski definition) is 4. The van der Waals surface area contributed by atoms with Gasteiger partial charge in [0.2, 0.25) is 5.91 Å². The van der Waals surface area contributed by atoms with Crippen LogP contribution in [0.1, 0.15) is 68.4 Å². The number of rotatable bonds is 13. The molecule has 2 aromatic heterocycles. The maximum absolute atomic E-state index is 14.0. The highest BCUT2D eigenvalue weighted by atomic mass is 16.3. The highest BCUT2D eigenvalue weighted by Crippen LogP contribution is 2.23. The molecule has 0 aliphatic heterocycles. The molecule has 0 aliphatic rings. The Morgan fingerprint density at radius 2 is 1.68 bits per heavy atom. The molecule has 4 rings (SSSR count). The third kappa shape index (κ3) is 6.52. The molecule has 2 amide bonds. The molecule has 0 spiro atoms. The summed E-state index contributed by atoms with van der Waals surface area (Å²) in [5.74, 6) is -0.489.